The lowest BCUT2D eigenvalue weighted by Crippen LogP contribution is -2.30. The number of aromatic nitrogens is 4. The molecule has 0 aromatic carbocycles. The van der Waals surface area contributed by atoms with Gasteiger partial charge in [-0.1, -0.05) is 11.6 Å². The minimum atomic E-state index is -3.98. The second kappa shape index (κ2) is 11.5. The Morgan fingerprint density at radius 3 is 1.74 bits per heavy atom. The van der Waals surface area contributed by atoms with E-state index in [1.54, 1.807) is 6.92 Å². The fraction of sp³-hybridized carbons (Fsp3) is 0.154. The highest BCUT2D eigenvalue weighted by atomic mass is 35.5. The maximum Gasteiger partial charge on any atom is 0.230 e. The first kappa shape index (κ1) is 25.2. The molecule has 0 amide bonds. The van der Waals surface area contributed by atoms with Crippen molar-refractivity contribution in [1.29, 1.82) is 0 Å². The van der Waals surface area contributed by atoms with E-state index < -0.39 is 14.6 Å². The van der Waals surface area contributed by atoms with Gasteiger partial charge in [0.1, 0.15) is 9.77 Å². The Kier molecular flexibility index (Phi) is 8.56. The molecule has 0 radical (unpaired) electrons. The average Bonchev–Trinajstić information content (AvgIpc) is 3.33. The van der Waals surface area contributed by atoms with Crippen LogP contribution in [0.2, 0.25) is 5.02 Å². The molecule has 34 heavy (non-hydrogen) atoms. The molecular formula is C26H11ClN4O2S. The first-order chi connectivity index (χ1) is 16.2. The lowest BCUT2D eigenvalue weighted by Gasteiger charge is -2.18. The summed E-state index contributed by atoms with van der Waals surface area (Å²) in [4.78, 5) is 0. The number of fused-ring (bicyclic) bond motifs is 1. The minimum Gasteiger partial charge on any atom is -0.294 e. The van der Waals surface area contributed by atoms with E-state index in [1.165, 1.54) is 18.4 Å². The van der Waals surface area contributed by atoms with E-state index in [4.69, 9.17) is 18.0 Å². The summed E-state index contributed by atoms with van der Waals surface area (Å²) >= 11 is 6.13. The number of H-pyrrole nitrogens is 1. The number of rotatable bonds is 2. The summed E-state index contributed by atoms with van der Waals surface area (Å²) in [5.41, 5.74) is 0.966. The Morgan fingerprint density at radius 1 is 0.824 bits per heavy atom. The summed E-state index contributed by atoms with van der Waals surface area (Å²) in [6.07, 6.45) is 4.93. The van der Waals surface area contributed by atoms with Crippen LogP contribution < -0.4 is 0 Å². The molecule has 2 aromatic rings. The number of aromatic amines is 1. The molecule has 0 spiro atoms. The van der Waals surface area contributed by atoms with Gasteiger partial charge in [-0.2, -0.15) is 0 Å². The van der Waals surface area contributed by atoms with Crippen molar-refractivity contribution in [2.45, 2.75) is 25.5 Å². The van der Waals surface area contributed by atoms with Crippen molar-refractivity contribution in [3.63, 3.8) is 0 Å². The van der Waals surface area contributed by atoms with Crippen LogP contribution in [0.3, 0.4) is 0 Å². The maximum absolute atomic E-state index is 12.8. The van der Waals surface area contributed by atoms with Crippen LogP contribution in [0.4, 0.5) is 0 Å². The molecule has 160 valence electrons. The molecule has 0 aliphatic heterocycles. The predicted octanol–water partition coefficient (Wildman–Crippen LogP) is 1.29. The van der Waals surface area contributed by atoms with Gasteiger partial charge in [-0.05, 0) is 104 Å². The molecule has 0 fully saturated rings. The van der Waals surface area contributed by atoms with Crippen molar-refractivity contribution in [2.75, 3.05) is 0 Å². The monoisotopic (exact) mass is 478 g/mol. The molecule has 0 aliphatic carbocycles. The molecule has 0 unspecified atom stereocenters. The number of halogens is 1. The first-order valence-electron chi connectivity index (χ1n) is 9.04. The van der Waals surface area contributed by atoms with Gasteiger partial charge in [0.25, 0.3) is 0 Å². The summed E-state index contributed by atoms with van der Waals surface area (Å²) in [5.74, 6) is 38.4. The topological polar surface area (TPSA) is 80.1 Å². The fourth-order valence-electron chi connectivity index (χ4n) is 2.09. The van der Waals surface area contributed by atoms with E-state index in [9.17, 15) is 8.42 Å². The molecule has 0 saturated heterocycles. The molecule has 0 atom stereocenters. The van der Waals surface area contributed by atoms with Gasteiger partial charge in [-0.25, -0.2) is 12.9 Å². The van der Waals surface area contributed by atoms with Crippen LogP contribution >= 0.6 is 11.6 Å². The number of hydrogen-bond acceptors (Lipinski definition) is 4. The van der Waals surface area contributed by atoms with Crippen molar-refractivity contribution in [3.8, 4) is 106 Å². The summed E-state index contributed by atoms with van der Waals surface area (Å²) < 4.78 is 25.5. The smallest absolute Gasteiger partial charge is 0.230 e. The Bertz CT molecular complexity index is 1820. The van der Waals surface area contributed by atoms with Gasteiger partial charge in [-0.3, -0.25) is 5.10 Å². The molecule has 2 heterocycles. The highest BCUT2D eigenvalue weighted by Crippen LogP contribution is 2.30. The van der Waals surface area contributed by atoms with Crippen LogP contribution in [0.25, 0.3) is 5.65 Å². The minimum absolute atomic E-state index is 0.144. The second-order valence-corrected chi connectivity index (χ2v) is 8.98. The summed E-state index contributed by atoms with van der Waals surface area (Å²) in [6.45, 7) is 4.66. The fourth-order valence-corrected chi connectivity index (χ4v) is 3.07. The average molecular weight is 479 g/mol. The number of terminal acetylenes is 1. The number of sulfone groups is 1. The molecule has 0 bridgehead atoms. The van der Waals surface area contributed by atoms with Gasteiger partial charge in [0, 0.05) is 17.1 Å². The zero-order valence-corrected chi connectivity index (χ0v) is 19.6. The third-order valence-corrected chi connectivity index (χ3v) is 6.16. The lowest BCUT2D eigenvalue weighted by molar-refractivity contribution is 0.548. The van der Waals surface area contributed by atoms with Crippen LogP contribution in [0.1, 0.15) is 25.4 Å². The number of aryl methyl sites for hydroxylation is 1. The highest BCUT2D eigenvalue weighted by molar-refractivity contribution is 7.96. The molecule has 0 aliphatic rings. The Hall–Kier alpha value is -5.04. The van der Waals surface area contributed by atoms with E-state index in [2.05, 4.69) is 115 Å². The van der Waals surface area contributed by atoms with Crippen molar-refractivity contribution < 1.29 is 8.42 Å². The van der Waals surface area contributed by atoms with Crippen molar-refractivity contribution in [2.24, 2.45) is 0 Å². The SMILES string of the molecule is C#CC#CC#CC#CC#CC#CC#CC#CC#CS(=O)(=O)C(C)(C)c1nnc2c(Cl)c(C)[nH]n12. The second-order valence-electron chi connectivity index (χ2n) is 6.37. The lowest BCUT2D eigenvalue weighted by atomic mass is 10.2. The van der Waals surface area contributed by atoms with Crippen LogP contribution in [-0.4, -0.2) is 28.2 Å². The van der Waals surface area contributed by atoms with E-state index in [1.807, 2.05) is 0 Å². The number of nitrogens with zero attached hydrogens (tertiary/aromatic N) is 3. The highest BCUT2D eigenvalue weighted by Gasteiger charge is 2.40. The molecule has 2 rings (SSSR count). The predicted molar refractivity (Wildman–Crippen MR) is 130 cm³/mol. The Labute approximate surface area is 203 Å². The van der Waals surface area contributed by atoms with Crippen LogP contribution in [0.5, 0.6) is 0 Å². The largest absolute Gasteiger partial charge is 0.294 e. The maximum atomic E-state index is 12.8. The van der Waals surface area contributed by atoms with Crippen molar-refractivity contribution in [3.05, 3.63) is 16.5 Å². The third-order valence-electron chi connectivity index (χ3n) is 3.81. The summed E-state index contributed by atoms with van der Waals surface area (Å²) in [7, 11) is -3.98. The van der Waals surface area contributed by atoms with E-state index >= 15 is 0 Å². The standard InChI is InChI=1S/C26H11ClN4O2S/c1-5-6-7-8-9-10-11-12-13-14-15-16-17-18-19-20-21-34(32,33)26(3,4)25-29-28-24-23(27)22(2)30-31(24)25/h1,30H,2-4H3. The Balaban J connectivity index is 2.07. The molecular weight excluding hydrogens is 468 g/mol. The normalized spacial score (nSPS) is 8.68. The summed E-state index contributed by atoms with van der Waals surface area (Å²) in [5, 5.41) is 13.4. The molecule has 2 aromatic heterocycles. The number of nitrogens with one attached hydrogen (secondary N) is 1. The van der Waals surface area contributed by atoms with Gasteiger partial charge in [0.2, 0.25) is 9.84 Å². The molecule has 0 saturated carbocycles. The Morgan fingerprint density at radius 2 is 1.26 bits per heavy atom. The zero-order valence-electron chi connectivity index (χ0n) is 18.0. The van der Waals surface area contributed by atoms with Crippen LogP contribution in [0, 0.1) is 113 Å². The van der Waals surface area contributed by atoms with Gasteiger partial charge in [0.05, 0.1) is 5.69 Å². The van der Waals surface area contributed by atoms with Crippen LogP contribution in [-0.2, 0) is 14.6 Å². The summed E-state index contributed by atoms with van der Waals surface area (Å²) in [6, 6.07) is 0. The zero-order chi connectivity index (χ0) is 25.0. The van der Waals surface area contributed by atoms with Gasteiger partial charge in [0.15, 0.2) is 11.5 Å². The first-order valence-corrected chi connectivity index (χ1v) is 10.9. The quantitative estimate of drug-likeness (QED) is 0.521. The van der Waals surface area contributed by atoms with Crippen molar-refractivity contribution >= 4 is 27.1 Å². The molecule has 8 heteroatoms. The van der Waals surface area contributed by atoms with E-state index in [0.29, 0.717) is 16.4 Å². The van der Waals surface area contributed by atoms with Crippen molar-refractivity contribution in [1.82, 2.24) is 19.8 Å². The molecule has 6 nitrogen and oxygen atoms in total. The third kappa shape index (κ3) is 6.24. The van der Waals surface area contributed by atoms with Crippen LogP contribution in [0.15, 0.2) is 0 Å². The van der Waals surface area contributed by atoms with E-state index in [-0.39, 0.29) is 5.82 Å². The van der Waals surface area contributed by atoms with Gasteiger partial charge < -0.3 is 0 Å². The van der Waals surface area contributed by atoms with Gasteiger partial charge >= 0.3 is 0 Å². The van der Waals surface area contributed by atoms with E-state index in [0.717, 1.165) is 0 Å². The molecule has 1 N–H and O–H groups in total. The number of hydrogen-bond donors (Lipinski definition) is 1. The van der Waals surface area contributed by atoms with Gasteiger partial charge in [-0.15, -0.1) is 16.6 Å².